The van der Waals surface area contributed by atoms with Crippen LogP contribution in [0.15, 0.2) is 42.7 Å². The lowest BCUT2D eigenvalue weighted by atomic mass is 10.2. The highest BCUT2D eigenvalue weighted by Gasteiger charge is 2.15. The standard InChI is InChI=1S/C17H17N3O3/c1-11-10-20-8-4-5-13(16(20)18-11)17(21)19-14-9-12(22-2)6-7-15(14)23-3/h4-10H,1-3H3,(H,19,21). The Morgan fingerprint density at radius 2 is 2.04 bits per heavy atom. The van der Waals surface area contributed by atoms with Crippen molar-refractivity contribution in [1.82, 2.24) is 9.38 Å². The minimum atomic E-state index is -0.257. The first kappa shape index (κ1) is 14.9. The second-order valence-corrected chi connectivity index (χ2v) is 5.06. The molecule has 3 rings (SSSR count). The summed E-state index contributed by atoms with van der Waals surface area (Å²) >= 11 is 0. The first-order valence-electron chi connectivity index (χ1n) is 7.10. The summed E-state index contributed by atoms with van der Waals surface area (Å²) < 4.78 is 12.3. The highest BCUT2D eigenvalue weighted by Crippen LogP contribution is 2.29. The molecule has 1 aromatic carbocycles. The summed E-state index contributed by atoms with van der Waals surface area (Å²) in [4.78, 5) is 17.0. The average molecular weight is 311 g/mol. The van der Waals surface area contributed by atoms with Gasteiger partial charge in [-0.1, -0.05) is 0 Å². The maximum absolute atomic E-state index is 12.6. The van der Waals surface area contributed by atoms with E-state index in [0.717, 1.165) is 5.69 Å². The van der Waals surface area contributed by atoms with Gasteiger partial charge in [-0.25, -0.2) is 4.98 Å². The summed E-state index contributed by atoms with van der Waals surface area (Å²) in [6, 6.07) is 8.78. The largest absolute Gasteiger partial charge is 0.497 e. The monoisotopic (exact) mass is 311 g/mol. The molecule has 6 nitrogen and oxygen atoms in total. The molecule has 0 aliphatic heterocycles. The van der Waals surface area contributed by atoms with Crippen LogP contribution in [0.3, 0.4) is 0 Å². The number of amides is 1. The van der Waals surface area contributed by atoms with Crippen LogP contribution in [0.2, 0.25) is 0 Å². The molecule has 0 atom stereocenters. The summed E-state index contributed by atoms with van der Waals surface area (Å²) in [5.41, 5.74) is 2.50. The maximum Gasteiger partial charge on any atom is 0.259 e. The van der Waals surface area contributed by atoms with E-state index in [4.69, 9.17) is 9.47 Å². The molecule has 2 aromatic heterocycles. The molecule has 0 saturated heterocycles. The third-order valence-electron chi connectivity index (χ3n) is 3.50. The predicted molar refractivity (Wildman–Crippen MR) is 87.4 cm³/mol. The molecular formula is C17H17N3O3. The van der Waals surface area contributed by atoms with Crippen LogP contribution in [-0.2, 0) is 0 Å². The number of aromatic nitrogens is 2. The van der Waals surface area contributed by atoms with Crippen LogP contribution in [0.1, 0.15) is 16.1 Å². The Labute approximate surface area is 133 Å². The lowest BCUT2D eigenvalue weighted by Gasteiger charge is -2.12. The van der Waals surface area contributed by atoms with Gasteiger partial charge in [-0.2, -0.15) is 0 Å². The summed E-state index contributed by atoms with van der Waals surface area (Å²) in [5.74, 6) is 0.939. The first-order chi connectivity index (χ1) is 11.1. The molecule has 0 saturated carbocycles. The number of carbonyl (C=O) groups is 1. The van der Waals surface area contributed by atoms with E-state index in [2.05, 4.69) is 10.3 Å². The zero-order chi connectivity index (χ0) is 16.4. The van der Waals surface area contributed by atoms with Crippen LogP contribution < -0.4 is 14.8 Å². The Kier molecular flexibility index (Phi) is 3.89. The van der Waals surface area contributed by atoms with Gasteiger partial charge >= 0.3 is 0 Å². The number of anilines is 1. The van der Waals surface area contributed by atoms with E-state index in [1.165, 1.54) is 0 Å². The molecule has 3 aromatic rings. The van der Waals surface area contributed by atoms with Crippen molar-refractivity contribution in [2.24, 2.45) is 0 Å². The van der Waals surface area contributed by atoms with Crippen LogP contribution in [0.25, 0.3) is 5.65 Å². The maximum atomic E-state index is 12.6. The fourth-order valence-electron chi connectivity index (χ4n) is 2.41. The average Bonchev–Trinajstić information content (AvgIpc) is 2.94. The Morgan fingerprint density at radius 1 is 1.22 bits per heavy atom. The van der Waals surface area contributed by atoms with Gasteiger partial charge in [0.15, 0.2) is 0 Å². The summed E-state index contributed by atoms with van der Waals surface area (Å²) in [6.07, 6.45) is 3.73. The fraction of sp³-hybridized carbons (Fsp3) is 0.176. The first-order valence-corrected chi connectivity index (χ1v) is 7.10. The van der Waals surface area contributed by atoms with E-state index < -0.39 is 0 Å². The van der Waals surface area contributed by atoms with Crippen molar-refractivity contribution < 1.29 is 14.3 Å². The number of nitrogens with zero attached hydrogens (tertiary/aromatic N) is 2. The highest BCUT2D eigenvalue weighted by molar-refractivity contribution is 6.08. The van der Waals surface area contributed by atoms with Gasteiger partial charge in [0, 0.05) is 18.5 Å². The van der Waals surface area contributed by atoms with Gasteiger partial charge in [0.1, 0.15) is 17.1 Å². The SMILES string of the molecule is COc1ccc(OC)c(NC(=O)c2cccn3cc(C)nc23)c1. The molecule has 1 N–H and O–H groups in total. The summed E-state index contributed by atoms with van der Waals surface area (Å²) in [7, 11) is 3.12. The molecule has 118 valence electrons. The van der Waals surface area contributed by atoms with Gasteiger partial charge in [-0.05, 0) is 31.2 Å². The number of benzene rings is 1. The smallest absolute Gasteiger partial charge is 0.259 e. The Hall–Kier alpha value is -3.02. The normalized spacial score (nSPS) is 10.6. The van der Waals surface area contributed by atoms with Crippen molar-refractivity contribution in [3.05, 3.63) is 54.0 Å². The number of fused-ring (bicyclic) bond motifs is 1. The van der Waals surface area contributed by atoms with Crippen molar-refractivity contribution in [3.8, 4) is 11.5 Å². The lowest BCUT2D eigenvalue weighted by molar-refractivity contribution is 0.102. The fourth-order valence-corrected chi connectivity index (χ4v) is 2.41. The van der Waals surface area contributed by atoms with Crippen molar-refractivity contribution in [2.45, 2.75) is 6.92 Å². The minimum absolute atomic E-state index is 0.257. The molecule has 2 heterocycles. The van der Waals surface area contributed by atoms with E-state index in [1.54, 1.807) is 38.5 Å². The topological polar surface area (TPSA) is 64.9 Å². The third kappa shape index (κ3) is 2.83. The summed E-state index contributed by atoms with van der Waals surface area (Å²) in [6.45, 7) is 1.89. The quantitative estimate of drug-likeness (QED) is 0.804. The molecule has 1 amide bonds. The van der Waals surface area contributed by atoms with Crippen LogP contribution in [0.5, 0.6) is 11.5 Å². The zero-order valence-electron chi connectivity index (χ0n) is 13.2. The molecule has 0 aliphatic carbocycles. The molecule has 0 bridgehead atoms. The van der Waals surface area contributed by atoms with Crippen molar-refractivity contribution >= 4 is 17.2 Å². The van der Waals surface area contributed by atoms with E-state index >= 15 is 0 Å². The number of methoxy groups -OCH3 is 2. The van der Waals surface area contributed by atoms with Crippen molar-refractivity contribution in [2.75, 3.05) is 19.5 Å². The van der Waals surface area contributed by atoms with Gasteiger partial charge in [-0.15, -0.1) is 0 Å². The molecule has 0 fully saturated rings. The van der Waals surface area contributed by atoms with Gasteiger partial charge < -0.3 is 19.2 Å². The lowest BCUT2D eigenvalue weighted by Crippen LogP contribution is -2.14. The van der Waals surface area contributed by atoms with E-state index in [-0.39, 0.29) is 5.91 Å². The Balaban J connectivity index is 1.98. The second kappa shape index (κ2) is 6.00. The molecule has 0 aliphatic rings. The second-order valence-electron chi connectivity index (χ2n) is 5.06. The zero-order valence-corrected chi connectivity index (χ0v) is 13.2. The number of pyridine rings is 1. The van der Waals surface area contributed by atoms with Crippen LogP contribution in [0.4, 0.5) is 5.69 Å². The molecule has 0 spiro atoms. The number of carbonyl (C=O) groups excluding carboxylic acids is 1. The molecule has 0 unspecified atom stereocenters. The predicted octanol–water partition coefficient (Wildman–Crippen LogP) is 2.91. The van der Waals surface area contributed by atoms with Crippen LogP contribution in [-0.4, -0.2) is 29.5 Å². The van der Waals surface area contributed by atoms with Gasteiger partial charge in [0.2, 0.25) is 0 Å². The van der Waals surface area contributed by atoms with Crippen LogP contribution >= 0.6 is 0 Å². The minimum Gasteiger partial charge on any atom is -0.497 e. The van der Waals surface area contributed by atoms with E-state index in [0.29, 0.717) is 28.4 Å². The van der Waals surface area contributed by atoms with Crippen molar-refractivity contribution in [1.29, 1.82) is 0 Å². The Bertz CT molecular complexity index is 871. The Morgan fingerprint density at radius 3 is 2.78 bits per heavy atom. The number of hydrogen-bond donors (Lipinski definition) is 1. The van der Waals surface area contributed by atoms with E-state index in [1.807, 2.05) is 29.8 Å². The molecule has 0 radical (unpaired) electrons. The number of aryl methyl sites for hydroxylation is 1. The number of hydrogen-bond acceptors (Lipinski definition) is 4. The number of imidazole rings is 1. The van der Waals surface area contributed by atoms with Gasteiger partial charge in [-0.3, -0.25) is 4.79 Å². The van der Waals surface area contributed by atoms with Crippen LogP contribution in [0, 0.1) is 6.92 Å². The number of rotatable bonds is 4. The highest BCUT2D eigenvalue weighted by atomic mass is 16.5. The summed E-state index contributed by atoms with van der Waals surface area (Å²) in [5, 5.41) is 2.86. The number of nitrogens with one attached hydrogen (secondary N) is 1. The molecule has 6 heteroatoms. The van der Waals surface area contributed by atoms with Crippen molar-refractivity contribution in [3.63, 3.8) is 0 Å². The third-order valence-corrected chi connectivity index (χ3v) is 3.50. The van der Waals surface area contributed by atoms with Gasteiger partial charge in [0.25, 0.3) is 5.91 Å². The molecule has 23 heavy (non-hydrogen) atoms. The molecular weight excluding hydrogens is 294 g/mol. The van der Waals surface area contributed by atoms with E-state index in [9.17, 15) is 4.79 Å². The van der Waals surface area contributed by atoms with Gasteiger partial charge in [0.05, 0.1) is 31.2 Å². The number of ether oxygens (including phenoxy) is 2.